The van der Waals surface area contributed by atoms with Gasteiger partial charge in [-0.15, -0.1) is 0 Å². The van der Waals surface area contributed by atoms with E-state index in [0.717, 1.165) is 31.7 Å². The molecule has 5 heteroatoms. The van der Waals surface area contributed by atoms with E-state index in [2.05, 4.69) is 16.7 Å². The lowest BCUT2D eigenvalue weighted by atomic mass is 10.1. The summed E-state index contributed by atoms with van der Waals surface area (Å²) in [7, 11) is 4.06. The molecule has 0 unspecified atom stereocenters. The lowest BCUT2D eigenvalue weighted by molar-refractivity contribution is 0.413. The quantitative estimate of drug-likeness (QED) is 0.778. The zero-order chi connectivity index (χ0) is 14.4. The van der Waals surface area contributed by atoms with Crippen LogP contribution in [0.25, 0.3) is 0 Å². The van der Waals surface area contributed by atoms with Crippen molar-refractivity contribution in [1.82, 2.24) is 4.90 Å². The molecule has 3 nitrogen and oxygen atoms in total. The van der Waals surface area contributed by atoms with Crippen molar-refractivity contribution in [2.45, 2.75) is 13.3 Å². The maximum atomic E-state index is 13.9. The summed E-state index contributed by atoms with van der Waals surface area (Å²) < 4.78 is 13.9. The largest absolute Gasteiger partial charge is 0.389 e. The fourth-order valence-corrected chi connectivity index (χ4v) is 2.03. The van der Waals surface area contributed by atoms with E-state index in [4.69, 9.17) is 18.0 Å². The molecule has 0 radical (unpaired) electrons. The number of hydrogen-bond donors (Lipinski definition) is 1. The molecule has 0 heterocycles. The van der Waals surface area contributed by atoms with Crippen molar-refractivity contribution in [3.05, 3.63) is 29.6 Å². The molecule has 0 spiro atoms. The second-order valence-corrected chi connectivity index (χ2v) is 5.26. The Hall–Kier alpha value is -1.20. The summed E-state index contributed by atoms with van der Waals surface area (Å²) in [6.07, 6.45) is 1.02. The molecule has 0 aliphatic rings. The SMILES string of the molecule is CCCN(CCN(C)C)c1ccc(C(N)=S)c(F)c1. The second kappa shape index (κ2) is 7.40. The summed E-state index contributed by atoms with van der Waals surface area (Å²) in [5.41, 5.74) is 6.65. The van der Waals surface area contributed by atoms with Gasteiger partial charge >= 0.3 is 0 Å². The zero-order valence-corrected chi connectivity index (χ0v) is 12.6. The number of hydrogen-bond acceptors (Lipinski definition) is 3. The van der Waals surface area contributed by atoms with Gasteiger partial charge in [0.1, 0.15) is 10.8 Å². The molecule has 106 valence electrons. The monoisotopic (exact) mass is 283 g/mol. The predicted octanol–water partition coefficient (Wildman–Crippen LogP) is 2.24. The zero-order valence-electron chi connectivity index (χ0n) is 11.8. The molecule has 0 saturated carbocycles. The summed E-state index contributed by atoms with van der Waals surface area (Å²) in [5, 5.41) is 0. The summed E-state index contributed by atoms with van der Waals surface area (Å²) in [6, 6.07) is 5.05. The van der Waals surface area contributed by atoms with Crippen molar-refractivity contribution >= 4 is 22.9 Å². The van der Waals surface area contributed by atoms with Gasteiger partial charge in [0, 0.05) is 30.9 Å². The number of halogens is 1. The molecule has 1 aromatic rings. The van der Waals surface area contributed by atoms with Gasteiger partial charge in [-0.2, -0.15) is 0 Å². The van der Waals surface area contributed by atoms with Crippen molar-refractivity contribution in [2.75, 3.05) is 38.6 Å². The summed E-state index contributed by atoms with van der Waals surface area (Å²) >= 11 is 4.81. The van der Waals surface area contributed by atoms with Crippen LogP contribution in [0.2, 0.25) is 0 Å². The van der Waals surface area contributed by atoms with Crippen LogP contribution in [0.4, 0.5) is 10.1 Å². The third-order valence-electron chi connectivity index (χ3n) is 2.89. The Bertz CT molecular complexity index is 435. The van der Waals surface area contributed by atoms with E-state index in [1.54, 1.807) is 6.07 Å². The molecule has 19 heavy (non-hydrogen) atoms. The molecular weight excluding hydrogens is 261 g/mol. The van der Waals surface area contributed by atoms with Crippen molar-refractivity contribution in [3.8, 4) is 0 Å². The molecule has 1 rings (SSSR count). The van der Waals surface area contributed by atoms with Gasteiger partial charge in [0.25, 0.3) is 0 Å². The van der Waals surface area contributed by atoms with Gasteiger partial charge < -0.3 is 15.5 Å². The van der Waals surface area contributed by atoms with E-state index in [0.29, 0.717) is 5.56 Å². The topological polar surface area (TPSA) is 32.5 Å². The molecule has 1 aromatic carbocycles. The normalized spacial score (nSPS) is 10.8. The molecular formula is C14H22FN3S. The Morgan fingerprint density at radius 2 is 1.95 bits per heavy atom. The summed E-state index contributed by atoms with van der Waals surface area (Å²) in [6.45, 7) is 4.81. The van der Waals surface area contributed by atoms with E-state index < -0.39 is 0 Å². The predicted molar refractivity (Wildman–Crippen MR) is 83.3 cm³/mol. The second-order valence-electron chi connectivity index (χ2n) is 4.82. The molecule has 0 bridgehead atoms. The van der Waals surface area contributed by atoms with Crippen LogP contribution in [0.5, 0.6) is 0 Å². The summed E-state index contributed by atoms with van der Waals surface area (Å²) in [5.74, 6) is -0.351. The Morgan fingerprint density at radius 3 is 2.42 bits per heavy atom. The molecule has 0 aliphatic carbocycles. The van der Waals surface area contributed by atoms with Gasteiger partial charge in [-0.1, -0.05) is 19.1 Å². The number of anilines is 1. The number of benzene rings is 1. The number of thiocarbonyl (C=S) groups is 1. The van der Waals surface area contributed by atoms with Crippen LogP contribution < -0.4 is 10.6 Å². The third-order valence-corrected chi connectivity index (χ3v) is 3.11. The molecule has 0 saturated heterocycles. The van der Waals surface area contributed by atoms with Gasteiger partial charge in [-0.25, -0.2) is 4.39 Å². The van der Waals surface area contributed by atoms with Crippen LogP contribution in [-0.4, -0.2) is 43.6 Å². The molecule has 0 aliphatic heterocycles. The fraction of sp³-hybridized carbons (Fsp3) is 0.500. The first kappa shape index (κ1) is 15.9. The highest BCUT2D eigenvalue weighted by molar-refractivity contribution is 7.80. The smallest absolute Gasteiger partial charge is 0.135 e. The van der Waals surface area contributed by atoms with E-state index in [9.17, 15) is 4.39 Å². The first-order valence-corrected chi connectivity index (χ1v) is 6.85. The first-order valence-electron chi connectivity index (χ1n) is 6.44. The first-order chi connectivity index (χ1) is 8.95. The average Bonchev–Trinajstić information content (AvgIpc) is 2.33. The number of nitrogens with two attached hydrogens (primary N) is 1. The maximum Gasteiger partial charge on any atom is 0.135 e. The van der Waals surface area contributed by atoms with Gasteiger partial charge in [0.2, 0.25) is 0 Å². The highest BCUT2D eigenvalue weighted by Gasteiger charge is 2.10. The van der Waals surface area contributed by atoms with Crippen LogP contribution in [0.3, 0.4) is 0 Å². The van der Waals surface area contributed by atoms with Gasteiger partial charge in [-0.3, -0.25) is 0 Å². The Labute approximate surface area is 120 Å². The maximum absolute atomic E-state index is 13.9. The Morgan fingerprint density at radius 1 is 1.26 bits per heavy atom. The van der Waals surface area contributed by atoms with E-state index >= 15 is 0 Å². The van der Waals surface area contributed by atoms with Crippen LogP contribution in [0, 0.1) is 5.82 Å². The van der Waals surface area contributed by atoms with Gasteiger partial charge in [0.15, 0.2) is 0 Å². The molecule has 0 fully saturated rings. The minimum atomic E-state index is -0.351. The molecule has 2 N–H and O–H groups in total. The summed E-state index contributed by atoms with van der Waals surface area (Å²) in [4.78, 5) is 4.38. The lowest BCUT2D eigenvalue weighted by Crippen LogP contribution is -2.32. The minimum absolute atomic E-state index is 0.0967. The Balaban J connectivity index is 2.90. The number of nitrogens with zero attached hydrogens (tertiary/aromatic N) is 2. The lowest BCUT2D eigenvalue weighted by Gasteiger charge is -2.26. The molecule has 0 aromatic heterocycles. The van der Waals surface area contributed by atoms with E-state index in [-0.39, 0.29) is 10.8 Å². The van der Waals surface area contributed by atoms with Crippen LogP contribution >= 0.6 is 12.2 Å². The fourth-order valence-electron chi connectivity index (χ4n) is 1.86. The van der Waals surface area contributed by atoms with Gasteiger partial charge in [-0.05, 0) is 38.7 Å². The highest BCUT2D eigenvalue weighted by atomic mass is 32.1. The minimum Gasteiger partial charge on any atom is -0.389 e. The average molecular weight is 283 g/mol. The van der Waals surface area contributed by atoms with Crippen molar-refractivity contribution in [3.63, 3.8) is 0 Å². The highest BCUT2D eigenvalue weighted by Crippen LogP contribution is 2.19. The Kier molecular flexibility index (Phi) is 6.18. The molecule has 0 amide bonds. The van der Waals surface area contributed by atoms with Crippen molar-refractivity contribution in [2.24, 2.45) is 5.73 Å². The van der Waals surface area contributed by atoms with E-state index in [1.807, 2.05) is 20.2 Å². The van der Waals surface area contributed by atoms with Crippen LogP contribution in [0.1, 0.15) is 18.9 Å². The third kappa shape index (κ3) is 4.76. The van der Waals surface area contributed by atoms with Crippen LogP contribution in [0.15, 0.2) is 18.2 Å². The number of rotatable bonds is 7. The molecule has 0 atom stereocenters. The van der Waals surface area contributed by atoms with Crippen LogP contribution in [-0.2, 0) is 0 Å². The van der Waals surface area contributed by atoms with Crippen molar-refractivity contribution < 1.29 is 4.39 Å². The standard InChI is InChI=1S/C14H22FN3S/c1-4-7-18(9-8-17(2)3)11-5-6-12(14(16)19)13(15)10-11/h5-6,10H,4,7-9H2,1-3H3,(H2,16,19). The number of likely N-dealkylation sites (N-methyl/N-ethyl adjacent to an activating group) is 1. The van der Waals surface area contributed by atoms with Gasteiger partial charge in [0.05, 0.1) is 0 Å². The van der Waals surface area contributed by atoms with Crippen molar-refractivity contribution in [1.29, 1.82) is 0 Å². The van der Waals surface area contributed by atoms with E-state index in [1.165, 1.54) is 6.07 Å².